The van der Waals surface area contributed by atoms with Gasteiger partial charge >= 0.3 is 0 Å². The topological polar surface area (TPSA) is 151 Å². The highest BCUT2D eigenvalue weighted by Crippen LogP contribution is 2.11. The van der Waals surface area contributed by atoms with Gasteiger partial charge in [0.05, 0.1) is 6.54 Å². The van der Waals surface area contributed by atoms with Gasteiger partial charge in [-0.2, -0.15) is 5.21 Å². The fourth-order valence-corrected chi connectivity index (χ4v) is 1.41. The Kier molecular flexibility index (Phi) is 4.64. The molecule has 0 aliphatic rings. The molecule has 21 heavy (non-hydrogen) atoms. The Morgan fingerprint density at radius 3 is 2.81 bits per heavy atom. The predicted octanol–water partition coefficient (Wildman–Crippen LogP) is -1.01. The molecule has 0 radical (unpaired) electrons. The van der Waals surface area contributed by atoms with Crippen LogP contribution in [-0.4, -0.2) is 44.2 Å². The van der Waals surface area contributed by atoms with Crippen molar-refractivity contribution in [2.75, 3.05) is 6.61 Å². The Balaban J connectivity index is 1.78. The van der Waals surface area contributed by atoms with Crippen molar-refractivity contribution in [3.8, 4) is 5.75 Å². The fourth-order valence-electron chi connectivity index (χ4n) is 1.41. The maximum atomic E-state index is 11.5. The van der Waals surface area contributed by atoms with Gasteiger partial charge in [-0.15, -0.1) is 10.2 Å². The van der Waals surface area contributed by atoms with E-state index in [-0.39, 0.29) is 24.9 Å². The molecule has 0 fully saturated rings. The normalized spacial score (nSPS) is 11.1. The average Bonchev–Trinajstić information content (AvgIpc) is 3.04. The summed E-state index contributed by atoms with van der Waals surface area (Å²) in [5, 5.41) is 27.0. The van der Waals surface area contributed by atoms with E-state index in [1.54, 1.807) is 24.3 Å². The van der Waals surface area contributed by atoms with Crippen LogP contribution in [-0.2, 0) is 11.3 Å². The maximum absolute atomic E-state index is 11.5. The molecule has 1 heterocycles. The molecular weight excluding hydrogens is 278 g/mol. The van der Waals surface area contributed by atoms with Crippen LogP contribution in [0.4, 0.5) is 0 Å². The standard InChI is InChI=1S/C11H13N7O3/c12-11(16-20)7-1-3-8(4-2-7)21-6-10(19)13-5-9-14-17-18-15-9/h1-4,20H,5-6H2,(H2,12,16)(H,13,19)(H,14,15,17,18). The van der Waals surface area contributed by atoms with E-state index >= 15 is 0 Å². The first-order valence-corrected chi connectivity index (χ1v) is 5.89. The van der Waals surface area contributed by atoms with Crippen LogP contribution >= 0.6 is 0 Å². The van der Waals surface area contributed by atoms with Crippen LogP contribution in [0.5, 0.6) is 5.75 Å². The maximum Gasteiger partial charge on any atom is 0.258 e. The highest BCUT2D eigenvalue weighted by molar-refractivity contribution is 5.97. The first-order valence-electron chi connectivity index (χ1n) is 5.89. The van der Waals surface area contributed by atoms with E-state index < -0.39 is 0 Å². The molecular formula is C11H13N7O3. The van der Waals surface area contributed by atoms with Crippen molar-refractivity contribution in [1.29, 1.82) is 0 Å². The van der Waals surface area contributed by atoms with Crippen molar-refractivity contribution in [2.24, 2.45) is 10.9 Å². The number of tetrazole rings is 1. The smallest absolute Gasteiger partial charge is 0.258 e. The Morgan fingerprint density at radius 1 is 1.43 bits per heavy atom. The Morgan fingerprint density at radius 2 is 2.19 bits per heavy atom. The third-order valence-corrected chi connectivity index (χ3v) is 2.46. The van der Waals surface area contributed by atoms with Crippen LogP contribution in [0.1, 0.15) is 11.4 Å². The molecule has 0 spiro atoms. The second-order valence-electron chi connectivity index (χ2n) is 3.90. The van der Waals surface area contributed by atoms with Gasteiger partial charge in [-0.25, -0.2) is 0 Å². The third kappa shape index (κ3) is 4.16. The minimum atomic E-state index is -0.319. The summed E-state index contributed by atoms with van der Waals surface area (Å²) in [7, 11) is 0. The number of nitrogens with one attached hydrogen (secondary N) is 2. The van der Waals surface area contributed by atoms with Crippen molar-refractivity contribution >= 4 is 11.7 Å². The Hall–Kier alpha value is -3.17. The zero-order valence-corrected chi connectivity index (χ0v) is 10.9. The number of hydrogen-bond acceptors (Lipinski definition) is 7. The second-order valence-corrected chi connectivity index (χ2v) is 3.90. The summed E-state index contributed by atoms with van der Waals surface area (Å²) in [4.78, 5) is 11.5. The zero-order valence-electron chi connectivity index (χ0n) is 10.9. The van der Waals surface area contributed by atoms with E-state index in [2.05, 4.69) is 31.1 Å². The number of oxime groups is 1. The van der Waals surface area contributed by atoms with Gasteiger partial charge in [0.1, 0.15) is 5.75 Å². The van der Waals surface area contributed by atoms with E-state index in [1.165, 1.54) is 0 Å². The lowest BCUT2D eigenvalue weighted by molar-refractivity contribution is -0.123. The summed E-state index contributed by atoms with van der Waals surface area (Å²) in [6, 6.07) is 6.45. The number of amides is 1. The molecule has 1 aromatic heterocycles. The number of amidine groups is 1. The quantitative estimate of drug-likeness (QED) is 0.230. The SMILES string of the molecule is NC(=NO)c1ccc(OCC(=O)NCc2nn[nH]n2)cc1. The first kappa shape index (κ1) is 14.2. The van der Waals surface area contributed by atoms with Crippen LogP contribution in [0.2, 0.25) is 0 Å². The highest BCUT2D eigenvalue weighted by Gasteiger charge is 2.05. The van der Waals surface area contributed by atoms with E-state index in [0.29, 0.717) is 17.1 Å². The number of H-pyrrole nitrogens is 1. The predicted molar refractivity (Wildman–Crippen MR) is 70.5 cm³/mol. The van der Waals surface area contributed by atoms with Gasteiger partial charge in [-0.3, -0.25) is 4.79 Å². The van der Waals surface area contributed by atoms with E-state index in [1.807, 2.05) is 0 Å². The molecule has 2 rings (SSSR count). The molecule has 0 bridgehead atoms. The molecule has 10 heteroatoms. The molecule has 0 aliphatic carbocycles. The molecule has 0 aliphatic heterocycles. The van der Waals surface area contributed by atoms with Gasteiger partial charge in [0.25, 0.3) is 5.91 Å². The van der Waals surface area contributed by atoms with Crippen LogP contribution in [0, 0.1) is 0 Å². The van der Waals surface area contributed by atoms with Gasteiger partial charge in [0, 0.05) is 5.56 Å². The minimum absolute atomic E-state index is 0.000551. The van der Waals surface area contributed by atoms with Crippen molar-refractivity contribution < 1.29 is 14.7 Å². The highest BCUT2D eigenvalue weighted by atomic mass is 16.5. The fraction of sp³-hybridized carbons (Fsp3) is 0.182. The lowest BCUT2D eigenvalue weighted by Crippen LogP contribution is -2.28. The van der Waals surface area contributed by atoms with E-state index in [0.717, 1.165) is 0 Å². The average molecular weight is 291 g/mol. The number of rotatable bonds is 6. The molecule has 5 N–H and O–H groups in total. The van der Waals surface area contributed by atoms with Crippen molar-refractivity contribution in [2.45, 2.75) is 6.54 Å². The van der Waals surface area contributed by atoms with Gasteiger partial charge in [0.15, 0.2) is 18.3 Å². The molecule has 2 aromatic rings. The first-order chi connectivity index (χ1) is 10.2. The van der Waals surface area contributed by atoms with Crippen LogP contribution in [0.25, 0.3) is 0 Å². The minimum Gasteiger partial charge on any atom is -0.484 e. The number of ether oxygens (including phenoxy) is 1. The second kappa shape index (κ2) is 6.84. The molecule has 110 valence electrons. The molecule has 10 nitrogen and oxygen atoms in total. The van der Waals surface area contributed by atoms with Crippen molar-refractivity contribution in [3.05, 3.63) is 35.7 Å². The number of nitrogens with two attached hydrogens (primary N) is 1. The molecule has 0 atom stereocenters. The Bertz CT molecular complexity index is 609. The molecule has 0 saturated heterocycles. The zero-order chi connectivity index (χ0) is 15.1. The van der Waals surface area contributed by atoms with Crippen LogP contribution in [0.3, 0.4) is 0 Å². The number of carbonyl (C=O) groups is 1. The summed E-state index contributed by atoms with van der Waals surface area (Å²) >= 11 is 0. The number of nitrogens with zero attached hydrogens (tertiary/aromatic N) is 4. The van der Waals surface area contributed by atoms with Gasteiger partial charge in [-0.1, -0.05) is 10.4 Å². The monoisotopic (exact) mass is 291 g/mol. The lowest BCUT2D eigenvalue weighted by Gasteiger charge is -2.07. The van der Waals surface area contributed by atoms with Crippen molar-refractivity contribution in [3.63, 3.8) is 0 Å². The third-order valence-electron chi connectivity index (χ3n) is 2.46. The lowest BCUT2D eigenvalue weighted by atomic mass is 10.2. The molecule has 1 amide bonds. The van der Waals surface area contributed by atoms with E-state index in [9.17, 15) is 4.79 Å². The van der Waals surface area contributed by atoms with Gasteiger partial charge < -0.3 is 21.0 Å². The summed E-state index contributed by atoms with van der Waals surface area (Å²) in [6.07, 6.45) is 0. The molecule has 0 unspecified atom stereocenters. The summed E-state index contributed by atoms with van der Waals surface area (Å²) in [5.41, 5.74) is 5.98. The van der Waals surface area contributed by atoms with Gasteiger partial charge in [-0.05, 0) is 24.3 Å². The molecule has 0 saturated carbocycles. The number of aromatic nitrogens is 4. The van der Waals surface area contributed by atoms with Crippen molar-refractivity contribution in [1.82, 2.24) is 25.9 Å². The van der Waals surface area contributed by atoms with Gasteiger partial charge in [0.2, 0.25) is 0 Å². The summed E-state index contributed by atoms with van der Waals surface area (Å²) in [5.74, 6) is 0.547. The Labute approximate surface area is 119 Å². The largest absolute Gasteiger partial charge is 0.484 e. The number of aromatic amines is 1. The number of benzene rings is 1. The summed E-state index contributed by atoms with van der Waals surface area (Å²) < 4.78 is 5.29. The number of carbonyl (C=O) groups excluding carboxylic acids is 1. The van der Waals surface area contributed by atoms with Crippen LogP contribution in [0.15, 0.2) is 29.4 Å². The van der Waals surface area contributed by atoms with E-state index in [4.69, 9.17) is 15.7 Å². The van der Waals surface area contributed by atoms with Crippen LogP contribution < -0.4 is 15.8 Å². The summed E-state index contributed by atoms with van der Waals surface area (Å²) in [6.45, 7) is 0.0158. The molecule has 1 aromatic carbocycles. The number of hydrogen-bond donors (Lipinski definition) is 4.